The van der Waals surface area contributed by atoms with Crippen LogP contribution in [0, 0.1) is 5.92 Å². The second-order valence-corrected chi connectivity index (χ2v) is 5.99. The Balaban J connectivity index is 2.09. The summed E-state index contributed by atoms with van der Waals surface area (Å²) >= 11 is 0. The fourth-order valence-electron chi connectivity index (χ4n) is 2.80. The van der Waals surface area contributed by atoms with Crippen molar-refractivity contribution in [3.05, 3.63) is 23.4 Å². The number of carbonyl (C=O) groups is 1. The number of pyridine rings is 1. The minimum atomic E-state index is -0.888. The van der Waals surface area contributed by atoms with Gasteiger partial charge in [-0.15, -0.1) is 0 Å². The van der Waals surface area contributed by atoms with Gasteiger partial charge >= 0.3 is 5.97 Å². The second-order valence-electron chi connectivity index (χ2n) is 5.99. The molecule has 1 N–H and O–H groups in total. The van der Waals surface area contributed by atoms with Crippen molar-refractivity contribution >= 4 is 11.8 Å². The van der Waals surface area contributed by atoms with Crippen LogP contribution in [0.5, 0.6) is 0 Å². The van der Waals surface area contributed by atoms with E-state index in [4.69, 9.17) is 0 Å². The largest absolute Gasteiger partial charge is 0.478 e. The van der Waals surface area contributed by atoms with E-state index in [2.05, 4.69) is 21.8 Å². The molecule has 1 aliphatic heterocycles. The Morgan fingerprint density at radius 2 is 2.10 bits per heavy atom. The molecule has 0 radical (unpaired) electrons. The lowest BCUT2D eigenvalue weighted by molar-refractivity contribution is 0.0696. The average molecular weight is 291 g/mol. The summed E-state index contributed by atoms with van der Waals surface area (Å²) in [7, 11) is 4.16. The van der Waals surface area contributed by atoms with Gasteiger partial charge in [0, 0.05) is 19.3 Å². The molecule has 0 amide bonds. The van der Waals surface area contributed by atoms with Crippen molar-refractivity contribution in [2.75, 3.05) is 38.6 Å². The third-order valence-electron chi connectivity index (χ3n) is 4.24. The van der Waals surface area contributed by atoms with Gasteiger partial charge in [0.2, 0.25) is 0 Å². The van der Waals surface area contributed by atoms with Crippen LogP contribution in [-0.4, -0.2) is 54.7 Å². The zero-order chi connectivity index (χ0) is 15.4. The van der Waals surface area contributed by atoms with Gasteiger partial charge in [0.05, 0.1) is 5.56 Å². The molecule has 0 aliphatic carbocycles. The zero-order valence-corrected chi connectivity index (χ0v) is 13.2. The summed E-state index contributed by atoms with van der Waals surface area (Å²) in [4.78, 5) is 20.2. The predicted octanol–water partition coefficient (Wildman–Crippen LogP) is 2.12. The summed E-state index contributed by atoms with van der Waals surface area (Å²) in [6.07, 6.45) is 3.14. The molecule has 5 nitrogen and oxygen atoms in total. The lowest BCUT2D eigenvalue weighted by Crippen LogP contribution is -2.36. The number of carboxylic acid groups (broad SMARTS) is 1. The topological polar surface area (TPSA) is 56.7 Å². The molecule has 1 fully saturated rings. The number of aromatic carboxylic acids is 1. The van der Waals surface area contributed by atoms with Crippen molar-refractivity contribution in [3.63, 3.8) is 0 Å². The Morgan fingerprint density at radius 1 is 1.43 bits per heavy atom. The summed E-state index contributed by atoms with van der Waals surface area (Å²) in [6.45, 7) is 5.21. The van der Waals surface area contributed by atoms with Crippen LogP contribution in [0.15, 0.2) is 12.1 Å². The molecule has 5 heteroatoms. The minimum Gasteiger partial charge on any atom is -0.478 e. The fraction of sp³-hybridized carbons (Fsp3) is 0.625. The Bertz CT molecular complexity index is 496. The first-order valence-corrected chi connectivity index (χ1v) is 7.63. The van der Waals surface area contributed by atoms with Crippen molar-refractivity contribution < 1.29 is 9.90 Å². The third kappa shape index (κ3) is 4.17. The number of hydrogen-bond donors (Lipinski definition) is 1. The normalized spacial score (nSPS) is 16.9. The molecule has 0 saturated carbocycles. The maximum atomic E-state index is 11.2. The first kappa shape index (κ1) is 15.8. The summed E-state index contributed by atoms with van der Waals surface area (Å²) in [6, 6.07) is 3.34. The van der Waals surface area contributed by atoms with Gasteiger partial charge < -0.3 is 14.9 Å². The number of likely N-dealkylation sites (tertiary alicyclic amines) is 1. The van der Waals surface area contributed by atoms with E-state index in [1.54, 1.807) is 12.1 Å². The highest BCUT2D eigenvalue weighted by Gasteiger charge is 2.19. The van der Waals surface area contributed by atoms with Crippen LogP contribution in [-0.2, 0) is 6.42 Å². The number of rotatable bonds is 5. The highest BCUT2D eigenvalue weighted by atomic mass is 16.4. The van der Waals surface area contributed by atoms with Gasteiger partial charge in [-0.25, -0.2) is 9.78 Å². The molecule has 2 rings (SSSR count). The standard InChI is InChI=1S/C16H25N3O2/c1-4-14-9-13(16(20)21)10-15(17-14)19(3)11-12-5-7-18(2)8-6-12/h9-10,12H,4-8,11H2,1-3H3,(H,20,21). The summed E-state index contributed by atoms with van der Waals surface area (Å²) in [5, 5.41) is 9.21. The maximum absolute atomic E-state index is 11.2. The molecule has 1 saturated heterocycles. The Morgan fingerprint density at radius 3 is 2.67 bits per heavy atom. The van der Waals surface area contributed by atoms with Gasteiger partial charge in [0.15, 0.2) is 0 Å². The Labute approximate surface area is 126 Å². The van der Waals surface area contributed by atoms with Crippen LogP contribution >= 0.6 is 0 Å². The Kier molecular flexibility index (Phi) is 5.17. The van der Waals surface area contributed by atoms with E-state index in [0.717, 1.165) is 37.6 Å². The van der Waals surface area contributed by atoms with Crippen LogP contribution in [0.1, 0.15) is 35.8 Å². The predicted molar refractivity (Wildman–Crippen MR) is 84.1 cm³/mol. The number of piperidine rings is 1. The summed E-state index contributed by atoms with van der Waals surface area (Å²) in [5.41, 5.74) is 1.16. The molecule has 1 aliphatic rings. The van der Waals surface area contributed by atoms with Crippen molar-refractivity contribution in [2.45, 2.75) is 26.2 Å². The molecule has 21 heavy (non-hydrogen) atoms. The quantitative estimate of drug-likeness (QED) is 0.900. The highest BCUT2D eigenvalue weighted by Crippen LogP contribution is 2.21. The maximum Gasteiger partial charge on any atom is 0.335 e. The van der Waals surface area contributed by atoms with E-state index in [1.807, 2.05) is 14.0 Å². The van der Waals surface area contributed by atoms with E-state index in [-0.39, 0.29) is 0 Å². The SMILES string of the molecule is CCc1cc(C(=O)O)cc(N(C)CC2CCN(C)CC2)n1. The number of nitrogens with zero attached hydrogens (tertiary/aromatic N) is 3. The van der Waals surface area contributed by atoms with Crippen molar-refractivity contribution in [1.82, 2.24) is 9.88 Å². The number of anilines is 1. The first-order chi connectivity index (χ1) is 9.99. The number of aromatic nitrogens is 1. The molecule has 0 atom stereocenters. The van der Waals surface area contributed by atoms with E-state index >= 15 is 0 Å². The lowest BCUT2D eigenvalue weighted by atomic mass is 9.96. The van der Waals surface area contributed by atoms with Crippen molar-refractivity contribution in [2.24, 2.45) is 5.92 Å². The molecular weight excluding hydrogens is 266 g/mol. The highest BCUT2D eigenvalue weighted by molar-refractivity contribution is 5.88. The van der Waals surface area contributed by atoms with Gasteiger partial charge in [-0.2, -0.15) is 0 Å². The summed E-state index contributed by atoms with van der Waals surface area (Å²) < 4.78 is 0. The molecule has 0 spiro atoms. The van der Waals surface area contributed by atoms with Gasteiger partial charge in [0.25, 0.3) is 0 Å². The van der Waals surface area contributed by atoms with Crippen LogP contribution < -0.4 is 4.90 Å². The van der Waals surface area contributed by atoms with E-state index in [9.17, 15) is 9.90 Å². The Hall–Kier alpha value is -1.62. The van der Waals surface area contributed by atoms with Crippen LogP contribution in [0.2, 0.25) is 0 Å². The molecule has 0 unspecified atom stereocenters. The van der Waals surface area contributed by atoms with Crippen molar-refractivity contribution in [3.8, 4) is 0 Å². The van der Waals surface area contributed by atoms with E-state index < -0.39 is 5.97 Å². The van der Waals surface area contributed by atoms with Gasteiger partial charge in [-0.3, -0.25) is 0 Å². The zero-order valence-electron chi connectivity index (χ0n) is 13.2. The number of hydrogen-bond acceptors (Lipinski definition) is 4. The minimum absolute atomic E-state index is 0.326. The molecule has 116 valence electrons. The van der Waals surface area contributed by atoms with Gasteiger partial charge in [-0.05, 0) is 57.5 Å². The lowest BCUT2D eigenvalue weighted by Gasteiger charge is -2.32. The molecule has 1 aromatic heterocycles. The number of aryl methyl sites for hydroxylation is 1. The van der Waals surface area contributed by atoms with Crippen LogP contribution in [0.3, 0.4) is 0 Å². The molecule has 1 aromatic rings. The molecule has 2 heterocycles. The molecular formula is C16H25N3O2. The third-order valence-corrected chi connectivity index (χ3v) is 4.24. The van der Waals surface area contributed by atoms with Gasteiger partial charge in [0.1, 0.15) is 5.82 Å². The van der Waals surface area contributed by atoms with Crippen LogP contribution in [0.4, 0.5) is 5.82 Å². The average Bonchev–Trinajstić information content (AvgIpc) is 2.49. The fourth-order valence-corrected chi connectivity index (χ4v) is 2.80. The monoisotopic (exact) mass is 291 g/mol. The van der Waals surface area contributed by atoms with E-state index in [1.165, 1.54) is 12.8 Å². The van der Waals surface area contributed by atoms with Crippen LogP contribution in [0.25, 0.3) is 0 Å². The summed E-state index contributed by atoms with van der Waals surface area (Å²) in [5.74, 6) is 0.540. The van der Waals surface area contributed by atoms with Gasteiger partial charge in [-0.1, -0.05) is 6.92 Å². The smallest absolute Gasteiger partial charge is 0.335 e. The second kappa shape index (κ2) is 6.89. The molecule has 0 aromatic carbocycles. The van der Waals surface area contributed by atoms with Crippen molar-refractivity contribution in [1.29, 1.82) is 0 Å². The number of carboxylic acids is 1. The first-order valence-electron chi connectivity index (χ1n) is 7.63. The molecule has 0 bridgehead atoms. The van der Waals surface area contributed by atoms with E-state index in [0.29, 0.717) is 11.5 Å².